The molecule has 1 saturated heterocycles. The molecule has 1 heterocycles. The Morgan fingerprint density at radius 2 is 1.77 bits per heavy atom. The minimum atomic E-state index is -3.91. The van der Waals surface area contributed by atoms with Crippen LogP contribution in [0.2, 0.25) is 0 Å². The van der Waals surface area contributed by atoms with Crippen LogP contribution in [0, 0.1) is 11.6 Å². The van der Waals surface area contributed by atoms with E-state index in [1.54, 1.807) is 31.3 Å². The van der Waals surface area contributed by atoms with Crippen LogP contribution in [0.1, 0.15) is 11.6 Å². The topological polar surface area (TPSA) is 75.7 Å². The summed E-state index contributed by atoms with van der Waals surface area (Å²) in [5, 5.41) is 0. The number of likely N-dealkylation sites (N-methyl/N-ethyl adjacent to an activating group) is 1. The van der Waals surface area contributed by atoms with E-state index in [2.05, 4.69) is 4.72 Å². The Kier molecular flexibility index (Phi) is 5.36. The Hall–Kier alpha value is -3.46. The van der Waals surface area contributed by atoms with Crippen LogP contribution in [-0.4, -0.2) is 33.1 Å². The molecule has 0 aromatic heterocycles. The van der Waals surface area contributed by atoms with E-state index in [1.165, 1.54) is 35.2 Å². The van der Waals surface area contributed by atoms with Gasteiger partial charge in [-0.15, -0.1) is 0 Å². The van der Waals surface area contributed by atoms with Gasteiger partial charge in [0.15, 0.2) is 0 Å². The molecule has 1 amide bonds. The quantitative estimate of drug-likeness (QED) is 0.626. The third-order valence-corrected chi connectivity index (χ3v) is 6.45. The van der Waals surface area contributed by atoms with Crippen LogP contribution < -0.4 is 4.72 Å². The number of hydrogen-bond acceptors (Lipinski definition) is 4. The van der Waals surface area contributed by atoms with Crippen LogP contribution in [0.25, 0.3) is 11.1 Å². The van der Waals surface area contributed by atoms with Gasteiger partial charge < -0.3 is 9.64 Å². The van der Waals surface area contributed by atoms with Crippen LogP contribution in [-0.2, 0) is 14.8 Å². The second-order valence-electron chi connectivity index (χ2n) is 7.08. The summed E-state index contributed by atoms with van der Waals surface area (Å²) in [7, 11) is -2.30. The van der Waals surface area contributed by atoms with Gasteiger partial charge in [-0.25, -0.2) is 22.0 Å². The molecule has 1 N–H and O–H groups in total. The van der Waals surface area contributed by atoms with Crippen LogP contribution in [0.5, 0.6) is 0 Å². The molecule has 160 valence electrons. The molecule has 0 radical (unpaired) electrons. The van der Waals surface area contributed by atoms with Crippen molar-refractivity contribution in [3.63, 3.8) is 0 Å². The second-order valence-corrected chi connectivity index (χ2v) is 8.77. The maximum atomic E-state index is 14.0. The lowest BCUT2D eigenvalue weighted by Gasteiger charge is -2.17. The fraction of sp³-hybridized carbons (Fsp3) is 0.136. The van der Waals surface area contributed by atoms with E-state index in [0.29, 0.717) is 11.3 Å². The molecular formula is C22H18F2N2O4S. The van der Waals surface area contributed by atoms with Crippen molar-refractivity contribution in [2.45, 2.75) is 10.9 Å². The van der Waals surface area contributed by atoms with E-state index in [-0.39, 0.29) is 23.1 Å². The van der Waals surface area contributed by atoms with E-state index in [9.17, 15) is 22.0 Å². The fourth-order valence-electron chi connectivity index (χ4n) is 3.37. The molecule has 0 bridgehead atoms. The molecular weight excluding hydrogens is 426 g/mol. The lowest BCUT2D eigenvalue weighted by atomic mass is 10.1. The molecule has 31 heavy (non-hydrogen) atoms. The van der Waals surface area contributed by atoms with Crippen molar-refractivity contribution < 1.29 is 26.7 Å². The van der Waals surface area contributed by atoms with Crippen LogP contribution >= 0.6 is 0 Å². The summed E-state index contributed by atoms with van der Waals surface area (Å²) in [4.78, 5) is 13.0. The summed E-state index contributed by atoms with van der Waals surface area (Å²) >= 11 is 0. The highest BCUT2D eigenvalue weighted by Gasteiger charge is 2.31. The molecule has 1 aliphatic heterocycles. The number of amides is 1. The lowest BCUT2D eigenvalue weighted by Crippen LogP contribution is -2.22. The zero-order chi connectivity index (χ0) is 22.2. The maximum absolute atomic E-state index is 14.0. The van der Waals surface area contributed by atoms with Crippen LogP contribution in [0.3, 0.4) is 0 Å². The molecule has 6 nitrogen and oxygen atoms in total. The zero-order valence-corrected chi connectivity index (χ0v) is 17.2. The van der Waals surface area contributed by atoms with Crippen molar-refractivity contribution in [1.82, 2.24) is 4.90 Å². The van der Waals surface area contributed by atoms with Gasteiger partial charge in [0.1, 0.15) is 18.2 Å². The molecule has 3 aromatic rings. The molecule has 0 saturated carbocycles. The Morgan fingerprint density at radius 1 is 1.03 bits per heavy atom. The van der Waals surface area contributed by atoms with Crippen LogP contribution in [0.4, 0.5) is 19.3 Å². The van der Waals surface area contributed by atoms with E-state index in [4.69, 9.17) is 4.74 Å². The number of halogens is 2. The zero-order valence-electron chi connectivity index (χ0n) is 16.4. The first-order valence-electron chi connectivity index (χ1n) is 9.32. The summed E-state index contributed by atoms with van der Waals surface area (Å²) in [6, 6.07) is 15.2. The Morgan fingerprint density at radius 3 is 2.42 bits per heavy atom. The highest BCUT2D eigenvalue weighted by atomic mass is 32.2. The van der Waals surface area contributed by atoms with E-state index < -0.39 is 27.8 Å². The average molecular weight is 444 g/mol. The lowest BCUT2D eigenvalue weighted by molar-refractivity contribution is 0.163. The monoisotopic (exact) mass is 444 g/mol. The van der Waals surface area contributed by atoms with Gasteiger partial charge in [-0.3, -0.25) is 4.72 Å². The molecule has 1 aliphatic rings. The number of cyclic esters (lactones) is 1. The highest BCUT2D eigenvalue weighted by Crippen LogP contribution is 2.29. The smallest absolute Gasteiger partial charge is 0.410 e. The molecule has 0 aliphatic carbocycles. The summed E-state index contributed by atoms with van der Waals surface area (Å²) in [6.07, 6.45) is -0.436. The number of anilines is 1. The predicted molar refractivity (Wildman–Crippen MR) is 111 cm³/mol. The minimum Gasteiger partial charge on any atom is -0.447 e. The third kappa shape index (κ3) is 4.22. The van der Waals surface area contributed by atoms with E-state index in [1.807, 2.05) is 0 Å². The van der Waals surface area contributed by atoms with Gasteiger partial charge in [-0.1, -0.05) is 24.3 Å². The Labute approximate surface area is 178 Å². The van der Waals surface area contributed by atoms with Gasteiger partial charge in [0.05, 0.1) is 10.9 Å². The molecule has 0 spiro atoms. The standard InChI is InChI=1S/C22H18F2N2O4S/c1-26-21(13-30-22(26)27)15-3-2-4-17(11-15)25-31(28,29)18-8-5-14(6-9-18)19-10-7-16(23)12-20(19)24/h2-12,21,25H,13H2,1H3. The number of ether oxygens (including phenoxy) is 1. The van der Waals surface area contributed by atoms with Crippen molar-refractivity contribution in [3.8, 4) is 11.1 Å². The molecule has 1 fully saturated rings. The predicted octanol–water partition coefficient (Wildman–Crippen LogP) is 4.56. The number of nitrogens with zero attached hydrogens (tertiary/aromatic N) is 1. The first kappa shape index (κ1) is 20.8. The third-order valence-electron chi connectivity index (χ3n) is 5.05. The normalized spacial score (nSPS) is 16.3. The number of benzene rings is 3. The largest absolute Gasteiger partial charge is 0.447 e. The van der Waals surface area contributed by atoms with Gasteiger partial charge >= 0.3 is 6.09 Å². The van der Waals surface area contributed by atoms with Crippen molar-refractivity contribution >= 4 is 21.8 Å². The number of carbonyl (C=O) groups excluding carboxylic acids is 1. The van der Waals surface area contributed by atoms with Crippen molar-refractivity contribution in [2.75, 3.05) is 18.4 Å². The fourth-order valence-corrected chi connectivity index (χ4v) is 4.42. The SMILES string of the molecule is CN1C(=O)OCC1c1cccc(NS(=O)(=O)c2ccc(-c3ccc(F)cc3F)cc2)c1. The number of rotatable bonds is 5. The van der Waals surface area contributed by atoms with Crippen molar-refractivity contribution in [3.05, 3.63) is 83.9 Å². The molecule has 1 unspecified atom stereocenters. The summed E-state index contributed by atoms with van der Waals surface area (Å²) < 4.78 is 60.2. The van der Waals surface area contributed by atoms with Crippen LogP contribution in [0.15, 0.2) is 71.6 Å². The molecule has 1 atom stereocenters. The number of hydrogen-bond donors (Lipinski definition) is 1. The Bertz CT molecular complexity index is 1250. The second kappa shape index (κ2) is 7.99. The Balaban J connectivity index is 1.55. The van der Waals surface area contributed by atoms with Crippen molar-refractivity contribution in [2.24, 2.45) is 0 Å². The van der Waals surface area contributed by atoms with Gasteiger partial charge in [-0.2, -0.15) is 0 Å². The first-order chi connectivity index (χ1) is 14.7. The first-order valence-corrected chi connectivity index (χ1v) is 10.8. The minimum absolute atomic E-state index is 0.0133. The average Bonchev–Trinajstić information content (AvgIpc) is 3.07. The molecule has 3 aromatic carbocycles. The number of sulfonamides is 1. The highest BCUT2D eigenvalue weighted by molar-refractivity contribution is 7.92. The summed E-state index contributed by atoms with van der Waals surface area (Å²) in [5.41, 5.74) is 1.66. The van der Waals surface area contributed by atoms with E-state index >= 15 is 0 Å². The maximum Gasteiger partial charge on any atom is 0.410 e. The molecule has 9 heteroatoms. The number of nitrogens with one attached hydrogen (secondary N) is 1. The van der Waals surface area contributed by atoms with Gasteiger partial charge in [0.2, 0.25) is 0 Å². The number of carbonyl (C=O) groups is 1. The van der Waals surface area contributed by atoms with Crippen molar-refractivity contribution in [1.29, 1.82) is 0 Å². The molecule has 4 rings (SSSR count). The summed E-state index contributed by atoms with van der Waals surface area (Å²) in [5.74, 6) is -1.42. The van der Waals surface area contributed by atoms with Gasteiger partial charge in [-0.05, 0) is 47.5 Å². The van der Waals surface area contributed by atoms with Gasteiger partial charge in [0, 0.05) is 24.4 Å². The summed E-state index contributed by atoms with van der Waals surface area (Å²) in [6.45, 7) is 0.187. The van der Waals surface area contributed by atoms with E-state index in [0.717, 1.165) is 17.7 Å². The van der Waals surface area contributed by atoms with Gasteiger partial charge in [0.25, 0.3) is 10.0 Å².